The van der Waals surface area contributed by atoms with E-state index in [-0.39, 0.29) is 40.4 Å². The molecule has 5 nitrogen and oxygen atoms in total. The van der Waals surface area contributed by atoms with Crippen molar-refractivity contribution in [1.29, 1.82) is 0 Å². The van der Waals surface area contributed by atoms with Gasteiger partial charge in [-0.1, -0.05) is 12.5 Å². The normalized spacial score (nSPS) is 40.0. The van der Waals surface area contributed by atoms with Crippen LogP contribution in [0.25, 0.3) is 0 Å². The van der Waals surface area contributed by atoms with Gasteiger partial charge in [0.05, 0.1) is 5.92 Å². The molecular weight excluding hydrogens is 320 g/mol. The largest absolute Gasteiger partial charge is 0.465 e. The number of esters is 2. The van der Waals surface area contributed by atoms with Crippen molar-refractivity contribution in [3.05, 3.63) is 23.3 Å². The zero-order chi connectivity index (χ0) is 17.8. The number of fused-ring (bicyclic) bond motifs is 3. The summed E-state index contributed by atoms with van der Waals surface area (Å²) in [4.78, 5) is 36.7. The molecule has 5 heteroatoms. The molecule has 25 heavy (non-hydrogen) atoms. The maximum absolute atomic E-state index is 12.6. The number of allylic oxidation sites excluding steroid dienone is 1. The topological polar surface area (TPSA) is 69.7 Å². The second-order valence-electron chi connectivity index (χ2n) is 8.24. The molecule has 2 saturated heterocycles. The molecule has 2 aliphatic carbocycles. The molecule has 0 radical (unpaired) electrons. The molecule has 134 valence electrons. The molecule has 2 bridgehead atoms. The molecule has 3 aliphatic heterocycles. The predicted octanol–water partition coefficient (Wildman–Crippen LogP) is 2.74. The fraction of sp³-hybridized carbons (Fsp3) is 0.650. The first-order valence-corrected chi connectivity index (χ1v) is 9.11. The van der Waals surface area contributed by atoms with Crippen molar-refractivity contribution in [2.45, 2.75) is 46.0 Å². The van der Waals surface area contributed by atoms with Gasteiger partial charge in [0.1, 0.15) is 13.2 Å². The Balaban J connectivity index is 1.71. The number of rotatable bonds is 3. The van der Waals surface area contributed by atoms with Gasteiger partial charge in [0, 0.05) is 17.4 Å². The summed E-state index contributed by atoms with van der Waals surface area (Å²) in [5.74, 6) is -0.378. The number of hydrogen-bond acceptors (Lipinski definition) is 5. The second-order valence-corrected chi connectivity index (χ2v) is 8.24. The molecule has 0 aromatic rings. The van der Waals surface area contributed by atoms with Crippen LogP contribution < -0.4 is 0 Å². The Hall–Kier alpha value is -1.91. The molecule has 0 N–H and O–H groups in total. The third-order valence-corrected chi connectivity index (χ3v) is 7.20. The molecule has 5 aliphatic rings. The quantitative estimate of drug-likeness (QED) is 0.736. The molecule has 5 rings (SSSR count). The summed E-state index contributed by atoms with van der Waals surface area (Å²) < 4.78 is 10.6. The molecular formula is C20H24O5. The first kappa shape index (κ1) is 16.6. The van der Waals surface area contributed by atoms with Crippen LogP contribution in [0.2, 0.25) is 0 Å². The molecule has 3 fully saturated rings. The van der Waals surface area contributed by atoms with Crippen molar-refractivity contribution in [2.24, 2.45) is 22.7 Å². The van der Waals surface area contributed by atoms with Crippen LogP contribution in [-0.2, 0) is 23.9 Å². The van der Waals surface area contributed by atoms with Gasteiger partial charge in [0.15, 0.2) is 5.78 Å². The predicted molar refractivity (Wildman–Crippen MR) is 89.4 cm³/mol. The van der Waals surface area contributed by atoms with Gasteiger partial charge in [-0.3, -0.25) is 9.59 Å². The van der Waals surface area contributed by atoms with E-state index in [1.54, 1.807) is 6.08 Å². The van der Waals surface area contributed by atoms with E-state index in [9.17, 15) is 14.4 Å². The van der Waals surface area contributed by atoms with E-state index in [1.165, 1.54) is 0 Å². The van der Waals surface area contributed by atoms with Crippen molar-refractivity contribution in [3.63, 3.8) is 0 Å². The van der Waals surface area contributed by atoms with Crippen LogP contribution in [0.1, 0.15) is 46.0 Å². The molecule has 0 unspecified atom stereocenters. The van der Waals surface area contributed by atoms with Crippen LogP contribution in [-0.4, -0.2) is 30.9 Å². The van der Waals surface area contributed by atoms with Crippen molar-refractivity contribution in [1.82, 2.24) is 0 Å². The molecule has 0 aromatic heterocycles. The van der Waals surface area contributed by atoms with Crippen molar-refractivity contribution in [2.75, 3.05) is 13.2 Å². The molecule has 1 spiro atoms. The van der Waals surface area contributed by atoms with Gasteiger partial charge in [-0.05, 0) is 56.1 Å². The van der Waals surface area contributed by atoms with Crippen LogP contribution in [0.4, 0.5) is 0 Å². The molecule has 4 atom stereocenters. The van der Waals surface area contributed by atoms with Gasteiger partial charge < -0.3 is 9.47 Å². The fourth-order valence-corrected chi connectivity index (χ4v) is 5.65. The van der Waals surface area contributed by atoms with Crippen LogP contribution in [0.15, 0.2) is 23.3 Å². The van der Waals surface area contributed by atoms with Gasteiger partial charge >= 0.3 is 11.9 Å². The number of hydrogen-bond donors (Lipinski definition) is 0. The lowest BCUT2D eigenvalue weighted by Crippen LogP contribution is -2.53. The van der Waals surface area contributed by atoms with E-state index < -0.39 is 0 Å². The van der Waals surface area contributed by atoms with Crippen molar-refractivity contribution in [3.8, 4) is 0 Å². The van der Waals surface area contributed by atoms with E-state index in [0.29, 0.717) is 38.0 Å². The minimum absolute atomic E-state index is 0.0840. The lowest BCUT2D eigenvalue weighted by Gasteiger charge is -2.55. The Kier molecular flexibility index (Phi) is 3.67. The average molecular weight is 344 g/mol. The summed E-state index contributed by atoms with van der Waals surface area (Å²) in [5.41, 5.74) is 1.17. The lowest BCUT2D eigenvalue weighted by atomic mass is 9.46. The van der Waals surface area contributed by atoms with Crippen LogP contribution in [0.5, 0.6) is 0 Å². The number of ether oxygens (including phenoxy) is 2. The monoisotopic (exact) mass is 344 g/mol. The SMILES string of the molecule is CC1=CC(=O)C[C@H]2[C@@]13CC[C@@H](C(=O)OC3)[C@]2(C)CCC1=CCOC1=O. The number of ketones is 1. The lowest BCUT2D eigenvalue weighted by molar-refractivity contribution is -0.151. The van der Waals surface area contributed by atoms with E-state index >= 15 is 0 Å². The van der Waals surface area contributed by atoms with E-state index in [1.807, 2.05) is 13.0 Å². The first-order chi connectivity index (χ1) is 11.9. The Morgan fingerprint density at radius 3 is 2.76 bits per heavy atom. The Bertz CT molecular complexity index is 718. The van der Waals surface area contributed by atoms with Gasteiger partial charge in [-0.15, -0.1) is 0 Å². The molecule has 3 heterocycles. The third kappa shape index (κ3) is 2.31. The molecule has 0 amide bonds. The fourth-order valence-electron chi connectivity index (χ4n) is 5.65. The number of carbonyl (C=O) groups excluding carboxylic acids is 3. The Morgan fingerprint density at radius 1 is 1.24 bits per heavy atom. The smallest absolute Gasteiger partial charge is 0.334 e. The van der Waals surface area contributed by atoms with E-state index in [0.717, 1.165) is 18.4 Å². The highest BCUT2D eigenvalue weighted by Gasteiger charge is 2.62. The van der Waals surface area contributed by atoms with E-state index in [4.69, 9.17) is 9.47 Å². The Labute approximate surface area is 147 Å². The maximum atomic E-state index is 12.6. The molecule has 0 aromatic carbocycles. The highest BCUT2D eigenvalue weighted by Crippen LogP contribution is 2.63. The van der Waals surface area contributed by atoms with Gasteiger partial charge in [0.25, 0.3) is 0 Å². The molecule has 1 saturated carbocycles. The van der Waals surface area contributed by atoms with Crippen molar-refractivity contribution < 1.29 is 23.9 Å². The van der Waals surface area contributed by atoms with Crippen LogP contribution in [0, 0.1) is 22.7 Å². The summed E-state index contributed by atoms with van der Waals surface area (Å²) in [7, 11) is 0. The minimum atomic E-state index is -0.347. The first-order valence-electron chi connectivity index (χ1n) is 9.11. The zero-order valence-corrected chi connectivity index (χ0v) is 14.8. The summed E-state index contributed by atoms with van der Waals surface area (Å²) in [6, 6.07) is 0. The summed E-state index contributed by atoms with van der Waals surface area (Å²) in [6.07, 6.45) is 6.99. The van der Waals surface area contributed by atoms with Gasteiger partial charge in [0.2, 0.25) is 0 Å². The highest BCUT2D eigenvalue weighted by atomic mass is 16.5. The van der Waals surface area contributed by atoms with E-state index in [2.05, 4.69) is 6.92 Å². The maximum Gasteiger partial charge on any atom is 0.334 e. The summed E-state index contributed by atoms with van der Waals surface area (Å²) in [6.45, 7) is 4.84. The Morgan fingerprint density at radius 2 is 2.04 bits per heavy atom. The standard InChI is InChI=1S/C20H24O5/c1-12-9-14(21)10-16-19(2,6-3-13-5-8-24-17(13)22)15-4-7-20(12,16)11-25-18(15)23/h5,9,15-16H,3-4,6-8,10-11H2,1-2H3/t15-,16+,19-,20+/m0/s1. The number of cyclic esters (lactones) is 1. The third-order valence-electron chi connectivity index (χ3n) is 7.20. The average Bonchev–Trinajstić information content (AvgIpc) is 2.85. The summed E-state index contributed by atoms with van der Waals surface area (Å²) >= 11 is 0. The van der Waals surface area contributed by atoms with Crippen LogP contribution in [0.3, 0.4) is 0 Å². The minimum Gasteiger partial charge on any atom is -0.465 e. The van der Waals surface area contributed by atoms with Crippen molar-refractivity contribution >= 4 is 17.7 Å². The second kappa shape index (κ2) is 5.55. The van der Waals surface area contributed by atoms with Crippen LogP contribution >= 0.6 is 0 Å². The zero-order valence-electron chi connectivity index (χ0n) is 14.8. The number of carbonyl (C=O) groups is 3. The van der Waals surface area contributed by atoms with Gasteiger partial charge in [-0.2, -0.15) is 0 Å². The summed E-state index contributed by atoms with van der Waals surface area (Å²) in [5, 5.41) is 0. The van der Waals surface area contributed by atoms with Gasteiger partial charge in [-0.25, -0.2) is 4.79 Å². The highest BCUT2D eigenvalue weighted by molar-refractivity contribution is 5.92.